The molecule has 0 N–H and O–H groups in total. The Bertz CT molecular complexity index is 47.5. The van der Waals surface area contributed by atoms with Crippen LogP contribution in [0, 0.1) is 6.92 Å². The van der Waals surface area contributed by atoms with Crippen molar-refractivity contribution in [2.24, 2.45) is 0 Å². The average Bonchev–Trinajstić information content (AvgIpc) is 1.95. The third-order valence-corrected chi connectivity index (χ3v) is 14.4. The molecule has 0 fully saturated rings. The summed E-state index contributed by atoms with van der Waals surface area (Å²) in [4.78, 5) is 0. The summed E-state index contributed by atoms with van der Waals surface area (Å²) in [6, 6.07) is 0. The molecule has 0 aromatic rings. The summed E-state index contributed by atoms with van der Waals surface area (Å²) in [6.07, 6.45) is 0. The molecule has 55 valence electrons. The second-order valence-corrected chi connectivity index (χ2v) is 14.6. The van der Waals surface area contributed by atoms with Gasteiger partial charge >= 0.3 is 62.0 Å². The summed E-state index contributed by atoms with van der Waals surface area (Å²) in [5.41, 5.74) is 0. The average molecular weight is 188 g/mol. The molecule has 0 atom stereocenters. The molecule has 0 amide bonds. The van der Waals surface area contributed by atoms with Crippen molar-refractivity contribution in [2.75, 3.05) is 0 Å². The van der Waals surface area contributed by atoms with E-state index in [-0.39, 0.29) is 0 Å². The van der Waals surface area contributed by atoms with Crippen LogP contribution in [0.3, 0.4) is 0 Å². The van der Waals surface area contributed by atoms with Crippen LogP contribution in [0.15, 0.2) is 0 Å². The molecular weight excluding hydrogens is 169 g/mol. The van der Waals surface area contributed by atoms with E-state index in [0.29, 0.717) is 0 Å². The molecule has 0 aliphatic rings. The van der Waals surface area contributed by atoms with E-state index in [1.807, 2.05) is 0 Å². The maximum absolute atomic E-state index is 4.05. The van der Waals surface area contributed by atoms with Crippen molar-refractivity contribution < 1.29 is 0 Å². The van der Waals surface area contributed by atoms with Crippen molar-refractivity contribution in [1.82, 2.24) is 0 Å². The van der Waals surface area contributed by atoms with Crippen LogP contribution in [0.25, 0.3) is 0 Å². The third-order valence-electron chi connectivity index (χ3n) is 2.78. The van der Waals surface area contributed by atoms with Gasteiger partial charge in [-0.3, -0.25) is 0 Å². The van der Waals surface area contributed by atoms with E-state index in [1.54, 1.807) is 0 Å². The van der Waals surface area contributed by atoms with Crippen LogP contribution in [-0.2, 0) is 0 Å². The molecule has 0 aliphatic carbocycles. The predicted octanol–water partition coefficient (Wildman–Crippen LogP) is 3.33. The summed E-state index contributed by atoms with van der Waals surface area (Å²) in [5, 5.41) is 5.69. The fourth-order valence-corrected chi connectivity index (χ4v) is 6.65. The van der Waals surface area contributed by atoms with Gasteiger partial charge in [-0.25, -0.2) is 0 Å². The standard InChI is InChI=1S/C8H19Ge/c1-5-9(6-2,7-3)8-4/h1,5-8H2,2-4H3. The molecule has 0 bridgehead atoms. The Morgan fingerprint density at radius 3 is 1.33 bits per heavy atom. The first-order valence-corrected chi connectivity index (χ1v) is 9.97. The quantitative estimate of drug-likeness (QED) is 0.593. The van der Waals surface area contributed by atoms with Gasteiger partial charge in [0.15, 0.2) is 0 Å². The van der Waals surface area contributed by atoms with E-state index in [4.69, 9.17) is 0 Å². The van der Waals surface area contributed by atoms with Crippen LogP contribution in [-0.4, -0.2) is 13.3 Å². The molecule has 0 unspecified atom stereocenters. The molecule has 0 nitrogen and oxygen atoms in total. The van der Waals surface area contributed by atoms with Crippen molar-refractivity contribution in [3.63, 3.8) is 0 Å². The van der Waals surface area contributed by atoms with Gasteiger partial charge in [0.2, 0.25) is 0 Å². The summed E-state index contributed by atoms with van der Waals surface area (Å²) < 4.78 is 0. The van der Waals surface area contributed by atoms with Gasteiger partial charge in [0.05, 0.1) is 0 Å². The van der Waals surface area contributed by atoms with E-state index >= 15 is 0 Å². The first-order valence-electron chi connectivity index (χ1n) is 4.04. The Hall–Kier alpha value is 0.543. The Balaban J connectivity index is 3.82. The Morgan fingerprint density at radius 1 is 1.00 bits per heavy atom. The zero-order chi connectivity index (χ0) is 7.33. The van der Waals surface area contributed by atoms with Gasteiger partial charge in [-0.05, 0) is 0 Å². The van der Waals surface area contributed by atoms with Crippen LogP contribution < -0.4 is 0 Å². The first-order chi connectivity index (χ1) is 4.24. The topological polar surface area (TPSA) is 0 Å². The van der Waals surface area contributed by atoms with Gasteiger partial charge in [-0.15, -0.1) is 0 Å². The molecule has 0 aromatic carbocycles. The molecule has 0 aromatic heterocycles. The second-order valence-electron chi connectivity index (χ2n) is 2.81. The number of hydrogen-bond donors (Lipinski definition) is 0. The molecule has 0 aliphatic heterocycles. The molecule has 1 heteroatoms. The van der Waals surface area contributed by atoms with Gasteiger partial charge in [0.25, 0.3) is 0 Å². The summed E-state index contributed by atoms with van der Waals surface area (Å²) in [6.45, 7) is 11.1. The van der Waals surface area contributed by atoms with E-state index in [2.05, 4.69) is 27.7 Å². The minimum atomic E-state index is -1.28. The van der Waals surface area contributed by atoms with E-state index in [1.165, 1.54) is 21.0 Å². The molecular formula is C8H19Ge. The van der Waals surface area contributed by atoms with Crippen molar-refractivity contribution >= 4 is 13.3 Å². The van der Waals surface area contributed by atoms with Crippen LogP contribution in [0.4, 0.5) is 0 Å². The minimum absolute atomic E-state index is 1.28. The number of hydrogen-bond acceptors (Lipinski definition) is 0. The van der Waals surface area contributed by atoms with Crippen molar-refractivity contribution in [3.05, 3.63) is 6.92 Å². The molecule has 0 rings (SSSR count). The van der Waals surface area contributed by atoms with Gasteiger partial charge < -0.3 is 0 Å². The van der Waals surface area contributed by atoms with E-state index in [0.717, 1.165) is 0 Å². The molecule has 1 radical (unpaired) electrons. The normalized spacial score (nSPS) is 12.0. The van der Waals surface area contributed by atoms with Crippen LogP contribution in [0.5, 0.6) is 0 Å². The molecule has 0 heterocycles. The fraction of sp³-hybridized carbons (Fsp3) is 0.875. The molecule has 0 saturated carbocycles. The Morgan fingerprint density at radius 2 is 1.33 bits per heavy atom. The molecule has 9 heavy (non-hydrogen) atoms. The Labute approximate surface area is 62.4 Å². The zero-order valence-corrected chi connectivity index (χ0v) is 9.13. The third kappa shape index (κ3) is 2.32. The van der Waals surface area contributed by atoms with E-state index < -0.39 is 13.3 Å². The second kappa shape index (κ2) is 4.37. The van der Waals surface area contributed by atoms with Gasteiger partial charge in [-0.1, -0.05) is 0 Å². The molecule has 0 saturated heterocycles. The zero-order valence-electron chi connectivity index (χ0n) is 7.04. The van der Waals surface area contributed by atoms with Crippen LogP contribution >= 0.6 is 0 Å². The fourth-order valence-electron chi connectivity index (χ4n) is 1.28. The SMILES string of the molecule is [CH2][CH2][Ge]([CH2]C)([CH2]C)[CH2]C. The summed E-state index contributed by atoms with van der Waals surface area (Å²) in [5.74, 6) is 0. The monoisotopic (exact) mass is 189 g/mol. The van der Waals surface area contributed by atoms with Crippen molar-refractivity contribution in [2.45, 2.75) is 41.8 Å². The Kier molecular flexibility index (Phi) is 4.64. The summed E-state index contributed by atoms with van der Waals surface area (Å²) in [7, 11) is 0. The van der Waals surface area contributed by atoms with Gasteiger partial charge in [0, 0.05) is 0 Å². The molecule has 0 spiro atoms. The number of rotatable bonds is 4. The predicted molar refractivity (Wildman–Crippen MR) is 47.4 cm³/mol. The maximum atomic E-state index is 4.05. The summed E-state index contributed by atoms with van der Waals surface area (Å²) >= 11 is -1.28. The van der Waals surface area contributed by atoms with Crippen LogP contribution in [0.2, 0.25) is 21.0 Å². The van der Waals surface area contributed by atoms with Gasteiger partial charge in [-0.2, -0.15) is 0 Å². The van der Waals surface area contributed by atoms with Crippen LogP contribution in [0.1, 0.15) is 20.8 Å². The first kappa shape index (κ1) is 9.54. The van der Waals surface area contributed by atoms with Crippen molar-refractivity contribution in [3.8, 4) is 0 Å². The van der Waals surface area contributed by atoms with E-state index in [9.17, 15) is 0 Å². The van der Waals surface area contributed by atoms with Crippen molar-refractivity contribution in [1.29, 1.82) is 0 Å². The van der Waals surface area contributed by atoms with Gasteiger partial charge in [0.1, 0.15) is 0 Å².